The van der Waals surface area contributed by atoms with Crippen molar-refractivity contribution in [1.82, 2.24) is 10.7 Å². The molecule has 124 valence electrons. The monoisotopic (exact) mass is 344 g/mol. The molecule has 7 nitrogen and oxygen atoms in total. The van der Waals surface area contributed by atoms with E-state index in [1.165, 1.54) is 24.3 Å². The van der Waals surface area contributed by atoms with E-state index in [0.29, 0.717) is 11.3 Å². The Morgan fingerprint density at radius 3 is 2.21 bits per heavy atom. The van der Waals surface area contributed by atoms with Crippen LogP contribution in [0.15, 0.2) is 42.5 Å². The Labute approximate surface area is 144 Å². The number of hydrogen-bond donors (Lipinski definition) is 3. The van der Waals surface area contributed by atoms with Gasteiger partial charge in [-0.25, -0.2) is 0 Å². The minimum Gasteiger partial charge on any atom is -0.299 e. The van der Waals surface area contributed by atoms with Crippen molar-refractivity contribution in [3.63, 3.8) is 0 Å². The molecule has 3 N–H and O–H groups in total. The molecule has 0 aliphatic carbocycles. The fourth-order valence-corrected chi connectivity index (χ4v) is 2.25. The predicted molar refractivity (Wildman–Crippen MR) is 95.8 cm³/mol. The standard InChI is InChI=1S/C16H16N4O3S/c1-10-7-11(2)9-12(8-10)15(21)17-16(24)19-18-13-3-5-14(6-4-13)20(22)23/h3-9,18H,1-2H3,(H2,17,19,21,24). The van der Waals surface area contributed by atoms with Gasteiger partial charge in [-0.05, 0) is 50.3 Å². The van der Waals surface area contributed by atoms with Gasteiger partial charge in [0.15, 0.2) is 5.11 Å². The Balaban J connectivity index is 1.90. The van der Waals surface area contributed by atoms with Crippen LogP contribution < -0.4 is 16.2 Å². The van der Waals surface area contributed by atoms with Crippen LogP contribution in [0.1, 0.15) is 21.5 Å². The summed E-state index contributed by atoms with van der Waals surface area (Å²) in [5.74, 6) is -0.315. The van der Waals surface area contributed by atoms with Crippen molar-refractivity contribution in [2.45, 2.75) is 13.8 Å². The zero-order valence-electron chi connectivity index (χ0n) is 13.1. The molecule has 2 rings (SSSR count). The van der Waals surface area contributed by atoms with Gasteiger partial charge < -0.3 is 0 Å². The third-order valence-corrected chi connectivity index (χ3v) is 3.31. The van der Waals surface area contributed by atoms with Gasteiger partial charge in [-0.1, -0.05) is 17.2 Å². The lowest BCUT2D eigenvalue weighted by Crippen LogP contribution is -2.42. The van der Waals surface area contributed by atoms with E-state index in [2.05, 4.69) is 16.2 Å². The molecule has 2 aromatic carbocycles. The molecule has 0 saturated carbocycles. The van der Waals surface area contributed by atoms with Gasteiger partial charge in [0.25, 0.3) is 11.6 Å². The smallest absolute Gasteiger partial charge is 0.269 e. The van der Waals surface area contributed by atoms with Crippen LogP contribution in [0.3, 0.4) is 0 Å². The van der Waals surface area contributed by atoms with Crippen molar-refractivity contribution in [1.29, 1.82) is 0 Å². The number of hydrogen-bond acceptors (Lipinski definition) is 5. The summed E-state index contributed by atoms with van der Waals surface area (Å²) < 4.78 is 0. The summed E-state index contributed by atoms with van der Waals surface area (Å²) in [4.78, 5) is 22.3. The number of nitro benzene ring substituents is 1. The first-order chi connectivity index (χ1) is 11.3. The van der Waals surface area contributed by atoms with E-state index < -0.39 is 4.92 Å². The molecule has 0 unspecified atom stereocenters. The SMILES string of the molecule is Cc1cc(C)cc(C(=O)NC(=S)NNc2ccc([N+](=O)[O-])cc2)c1. The van der Waals surface area contributed by atoms with Crippen LogP contribution in [0.2, 0.25) is 0 Å². The molecule has 0 fully saturated rings. The van der Waals surface area contributed by atoms with Crippen LogP contribution in [-0.4, -0.2) is 15.9 Å². The van der Waals surface area contributed by atoms with Gasteiger partial charge in [-0.15, -0.1) is 0 Å². The fourth-order valence-electron chi connectivity index (χ4n) is 2.11. The van der Waals surface area contributed by atoms with Crippen LogP contribution in [0.25, 0.3) is 0 Å². The highest BCUT2D eigenvalue weighted by Gasteiger charge is 2.09. The number of non-ortho nitro benzene ring substituents is 1. The summed E-state index contributed by atoms with van der Waals surface area (Å²) >= 11 is 5.05. The van der Waals surface area contributed by atoms with E-state index in [1.807, 2.05) is 19.9 Å². The zero-order valence-corrected chi connectivity index (χ0v) is 13.9. The number of benzene rings is 2. The largest absolute Gasteiger partial charge is 0.299 e. The summed E-state index contributed by atoms with van der Waals surface area (Å²) in [7, 11) is 0. The molecule has 8 heteroatoms. The summed E-state index contributed by atoms with van der Waals surface area (Å²) in [6.45, 7) is 3.83. The average Bonchev–Trinajstić information content (AvgIpc) is 2.52. The minimum absolute atomic E-state index is 0.00811. The van der Waals surface area contributed by atoms with Crippen molar-refractivity contribution < 1.29 is 9.72 Å². The zero-order chi connectivity index (χ0) is 17.7. The first-order valence-electron chi connectivity index (χ1n) is 7.05. The third kappa shape index (κ3) is 4.75. The molecule has 24 heavy (non-hydrogen) atoms. The molecule has 0 atom stereocenters. The molecule has 2 aromatic rings. The van der Waals surface area contributed by atoms with Crippen molar-refractivity contribution in [2.75, 3.05) is 5.43 Å². The number of nitro groups is 1. The van der Waals surface area contributed by atoms with Gasteiger partial charge in [0.2, 0.25) is 0 Å². The number of nitrogens with zero attached hydrogens (tertiary/aromatic N) is 1. The predicted octanol–water partition coefficient (Wildman–Crippen LogP) is 2.84. The van der Waals surface area contributed by atoms with Gasteiger partial charge >= 0.3 is 0 Å². The van der Waals surface area contributed by atoms with Crippen molar-refractivity contribution >= 4 is 34.6 Å². The maximum Gasteiger partial charge on any atom is 0.269 e. The highest BCUT2D eigenvalue weighted by Crippen LogP contribution is 2.14. The molecule has 0 heterocycles. The van der Waals surface area contributed by atoms with Gasteiger partial charge in [0.1, 0.15) is 0 Å². The molecule has 0 aromatic heterocycles. The Morgan fingerprint density at radius 1 is 1.08 bits per heavy atom. The maximum absolute atomic E-state index is 12.1. The van der Waals surface area contributed by atoms with Crippen LogP contribution >= 0.6 is 12.2 Å². The van der Waals surface area contributed by atoms with E-state index in [4.69, 9.17) is 12.2 Å². The van der Waals surface area contributed by atoms with Gasteiger partial charge in [0.05, 0.1) is 10.6 Å². The summed E-state index contributed by atoms with van der Waals surface area (Å²) in [6.07, 6.45) is 0. The number of carbonyl (C=O) groups is 1. The van der Waals surface area contributed by atoms with E-state index >= 15 is 0 Å². The number of hydrazine groups is 1. The van der Waals surface area contributed by atoms with Crippen molar-refractivity contribution in [3.8, 4) is 0 Å². The molecule has 0 radical (unpaired) electrons. The first-order valence-corrected chi connectivity index (χ1v) is 7.46. The van der Waals surface area contributed by atoms with Crippen molar-refractivity contribution in [2.24, 2.45) is 0 Å². The molecule has 0 aliphatic heterocycles. The normalized spacial score (nSPS) is 9.92. The van der Waals surface area contributed by atoms with Gasteiger partial charge in [-0.3, -0.25) is 31.1 Å². The lowest BCUT2D eigenvalue weighted by molar-refractivity contribution is -0.384. The van der Waals surface area contributed by atoms with Crippen LogP contribution in [0, 0.1) is 24.0 Å². The number of rotatable bonds is 4. The fraction of sp³-hybridized carbons (Fsp3) is 0.125. The molecule has 0 saturated heterocycles. The molecule has 0 bridgehead atoms. The Bertz CT molecular complexity index is 770. The lowest BCUT2D eigenvalue weighted by Gasteiger charge is -2.12. The number of anilines is 1. The Kier molecular flexibility index (Phi) is 5.43. The van der Waals surface area contributed by atoms with E-state index in [9.17, 15) is 14.9 Å². The van der Waals surface area contributed by atoms with E-state index in [-0.39, 0.29) is 16.7 Å². The lowest BCUT2D eigenvalue weighted by atomic mass is 10.1. The van der Waals surface area contributed by atoms with E-state index in [0.717, 1.165) is 11.1 Å². The summed E-state index contributed by atoms with van der Waals surface area (Å²) in [6, 6.07) is 11.3. The number of carbonyl (C=O) groups excluding carboxylic acids is 1. The quantitative estimate of drug-likeness (QED) is 0.448. The molecule has 1 amide bonds. The van der Waals surface area contributed by atoms with Gasteiger partial charge in [-0.2, -0.15) is 0 Å². The minimum atomic E-state index is -0.480. The number of amides is 1. The van der Waals surface area contributed by atoms with E-state index in [1.54, 1.807) is 12.1 Å². The molecule has 0 spiro atoms. The highest BCUT2D eigenvalue weighted by molar-refractivity contribution is 7.80. The van der Waals surface area contributed by atoms with Crippen molar-refractivity contribution in [3.05, 3.63) is 69.3 Å². The second kappa shape index (κ2) is 7.51. The Morgan fingerprint density at radius 2 is 1.67 bits per heavy atom. The summed E-state index contributed by atoms with van der Waals surface area (Å²) in [5.41, 5.74) is 8.48. The average molecular weight is 344 g/mol. The molecule has 0 aliphatic rings. The van der Waals surface area contributed by atoms with Crippen LogP contribution in [0.4, 0.5) is 11.4 Å². The van der Waals surface area contributed by atoms with Crippen LogP contribution in [-0.2, 0) is 0 Å². The number of nitrogens with one attached hydrogen (secondary N) is 3. The number of thiocarbonyl (C=S) groups is 1. The highest BCUT2D eigenvalue weighted by atomic mass is 32.1. The molecular weight excluding hydrogens is 328 g/mol. The van der Waals surface area contributed by atoms with Crippen LogP contribution in [0.5, 0.6) is 0 Å². The second-order valence-corrected chi connectivity index (χ2v) is 5.62. The topological polar surface area (TPSA) is 96.3 Å². The first kappa shape index (κ1) is 17.4. The maximum atomic E-state index is 12.1. The molecular formula is C16H16N4O3S. The Hall–Kier alpha value is -3.00. The summed E-state index contributed by atoms with van der Waals surface area (Å²) in [5, 5.41) is 13.2. The van der Waals surface area contributed by atoms with Gasteiger partial charge in [0, 0.05) is 17.7 Å². The second-order valence-electron chi connectivity index (χ2n) is 5.21. The third-order valence-electron chi connectivity index (χ3n) is 3.11. The number of aryl methyl sites for hydroxylation is 2.